The van der Waals surface area contributed by atoms with Crippen LogP contribution in [0.4, 0.5) is 0 Å². The van der Waals surface area contributed by atoms with Crippen molar-refractivity contribution in [3.63, 3.8) is 0 Å². The van der Waals surface area contributed by atoms with Gasteiger partial charge in [0.25, 0.3) is 0 Å². The lowest BCUT2D eigenvalue weighted by atomic mass is 9.72. The molecule has 1 aliphatic carbocycles. The minimum absolute atomic E-state index is 0.239. The van der Waals surface area contributed by atoms with E-state index in [1.54, 1.807) is 0 Å². The minimum Gasteiger partial charge on any atom is -0.370 e. The highest BCUT2D eigenvalue weighted by molar-refractivity contribution is 5.81. The first-order chi connectivity index (χ1) is 10.0. The van der Waals surface area contributed by atoms with Crippen LogP contribution in [0.2, 0.25) is 0 Å². The summed E-state index contributed by atoms with van der Waals surface area (Å²) in [5.74, 6) is 2.48. The SMILES string of the molecule is CCN(CC)CCN1C(N)=NCC12CCC(C(C)C)CC2. The molecule has 0 atom stereocenters. The van der Waals surface area contributed by atoms with E-state index in [1.807, 2.05) is 0 Å². The van der Waals surface area contributed by atoms with E-state index in [1.165, 1.54) is 25.7 Å². The van der Waals surface area contributed by atoms with Gasteiger partial charge in [0.05, 0.1) is 12.1 Å². The van der Waals surface area contributed by atoms with E-state index < -0.39 is 0 Å². The standard InChI is InChI=1S/C17H34N4/c1-5-20(6-2)11-12-21-16(18)19-13-17(21)9-7-15(8-10-17)14(3)4/h14-15H,5-13H2,1-4H3,(H2,18,19). The largest absolute Gasteiger partial charge is 0.370 e. The summed E-state index contributed by atoms with van der Waals surface area (Å²) in [6, 6.07) is 0. The molecular formula is C17H34N4. The van der Waals surface area contributed by atoms with E-state index in [-0.39, 0.29) is 5.54 Å². The molecule has 0 saturated heterocycles. The number of guanidine groups is 1. The third kappa shape index (κ3) is 3.53. The molecule has 4 heteroatoms. The second-order valence-corrected chi connectivity index (χ2v) is 7.16. The Morgan fingerprint density at radius 2 is 1.90 bits per heavy atom. The maximum atomic E-state index is 6.21. The Balaban J connectivity index is 1.96. The predicted molar refractivity (Wildman–Crippen MR) is 90.5 cm³/mol. The van der Waals surface area contributed by atoms with Crippen molar-refractivity contribution >= 4 is 5.96 Å². The van der Waals surface area contributed by atoms with Gasteiger partial charge in [0.1, 0.15) is 0 Å². The molecule has 122 valence electrons. The maximum Gasteiger partial charge on any atom is 0.191 e. The van der Waals surface area contributed by atoms with E-state index in [9.17, 15) is 0 Å². The third-order valence-corrected chi connectivity index (χ3v) is 5.82. The molecule has 0 aromatic rings. The van der Waals surface area contributed by atoms with Gasteiger partial charge in [0.2, 0.25) is 0 Å². The molecule has 21 heavy (non-hydrogen) atoms. The summed E-state index contributed by atoms with van der Waals surface area (Å²) in [5, 5.41) is 0. The van der Waals surface area contributed by atoms with Crippen LogP contribution in [0.5, 0.6) is 0 Å². The molecule has 2 N–H and O–H groups in total. The fraction of sp³-hybridized carbons (Fsp3) is 0.941. The molecule has 1 spiro atoms. The van der Waals surface area contributed by atoms with Gasteiger partial charge in [-0.15, -0.1) is 0 Å². The fourth-order valence-electron chi connectivity index (χ4n) is 4.05. The Hall–Kier alpha value is -0.770. The minimum atomic E-state index is 0.239. The average Bonchev–Trinajstić information content (AvgIpc) is 2.78. The second-order valence-electron chi connectivity index (χ2n) is 7.16. The third-order valence-electron chi connectivity index (χ3n) is 5.82. The highest BCUT2D eigenvalue weighted by Crippen LogP contribution is 2.41. The molecule has 2 rings (SSSR count). The van der Waals surface area contributed by atoms with Gasteiger partial charge in [-0.3, -0.25) is 4.99 Å². The highest BCUT2D eigenvalue weighted by atomic mass is 15.4. The van der Waals surface area contributed by atoms with Crippen LogP contribution in [-0.4, -0.2) is 54.0 Å². The summed E-state index contributed by atoms with van der Waals surface area (Å²) < 4.78 is 0. The van der Waals surface area contributed by atoms with Crippen molar-refractivity contribution in [3.05, 3.63) is 0 Å². The van der Waals surface area contributed by atoms with Crippen LogP contribution in [0.15, 0.2) is 4.99 Å². The van der Waals surface area contributed by atoms with E-state index in [0.717, 1.165) is 50.5 Å². The summed E-state index contributed by atoms with van der Waals surface area (Å²) >= 11 is 0. The zero-order valence-corrected chi connectivity index (χ0v) is 14.4. The van der Waals surface area contributed by atoms with Crippen molar-refractivity contribution in [1.82, 2.24) is 9.80 Å². The van der Waals surface area contributed by atoms with Crippen LogP contribution >= 0.6 is 0 Å². The van der Waals surface area contributed by atoms with Gasteiger partial charge in [-0.2, -0.15) is 0 Å². The smallest absolute Gasteiger partial charge is 0.191 e. The van der Waals surface area contributed by atoms with E-state index >= 15 is 0 Å². The molecule has 1 saturated carbocycles. The average molecular weight is 294 g/mol. The first kappa shape index (κ1) is 16.6. The lowest BCUT2D eigenvalue weighted by Crippen LogP contribution is -2.55. The molecule has 1 fully saturated rings. The lowest BCUT2D eigenvalue weighted by molar-refractivity contribution is 0.0934. The predicted octanol–water partition coefficient (Wildman–Crippen LogP) is 2.54. The number of hydrogen-bond donors (Lipinski definition) is 1. The molecule has 0 aromatic carbocycles. The summed E-state index contributed by atoms with van der Waals surface area (Å²) in [7, 11) is 0. The summed E-state index contributed by atoms with van der Waals surface area (Å²) in [5.41, 5.74) is 6.44. The van der Waals surface area contributed by atoms with Crippen molar-refractivity contribution in [3.8, 4) is 0 Å². The first-order valence-electron chi connectivity index (χ1n) is 8.82. The van der Waals surface area contributed by atoms with Gasteiger partial charge in [0, 0.05) is 13.1 Å². The molecule has 0 bridgehead atoms. The highest BCUT2D eigenvalue weighted by Gasteiger charge is 2.44. The lowest BCUT2D eigenvalue weighted by Gasteiger charge is -2.45. The van der Waals surface area contributed by atoms with Gasteiger partial charge < -0.3 is 15.5 Å². The van der Waals surface area contributed by atoms with Crippen molar-refractivity contribution in [2.45, 2.75) is 58.9 Å². The summed E-state index contributed by atoms with van der Waals surface area (Å²) in [6.07, 6.45) is 5.20. The van der Waals surface area contributed by atoms with Crippen LogP contribution in [0.25, 0.3) is 0 Å². The Kier molecular flexibility index (Phi) is 5.53. The van der Waals surface area contributed by atoms with Gasteiger partial charge >= 0.3 is 0 Å². The quantitative estimate of drug-likeness (QED) is 0.819. The van der Waals surface area contributed by atoms with E-state index in [4.69, 9.17) is 5.73 Å². The molecule has 2 aliphatic rings. The van der Waals surface area contributed by atoms with Gasteiger partial charge in [-0.1, -0.05) is 27.7 Å². The molecule has 1 aliphatic heterocycles. The van der Waals surface area contributed by atoms with Gasteiger partial charge in [-0.25, -0.2) is 0 Å². The first-order valence-corrected chi connectivity index (χ1v) is 8.82. The Bertz CT molecular complexity index is 352. The molecule has 4 nitrogen and oxygen atoms in total. The van der Waals surface area contributed by atoms with Crippen molar-refractivity contribution in [2.24, 2.45) is 22.6 Å². The van der Waals surface area contributed by atoms with E-state index in [2.05, 4.69) is 42.5 Å². The Morgan fingerprint density at radius 3 is 2.43 bits per heavy atom. The zero-order chi connectivity index (χ0) is 15.5. The Labute approximate surface area is 130 Å². The van der Waals surface area contributed by atoms with Crippen LogP contribution in [0.3, 0.4) is 0 Å². The zero-order valence-electron chi connectivity index (χ0n) is 14.4. The van der Waals surface area contributed by atoms with E-state index in [0.29, 0.717) is 0 Å². The van der Waals surface area contributed by atoms with Crippen LogP contribution in [-0.2, 0) is 0 Å². The summed E-state index contributed by atoms with van der Waals surface area (Å²) in [4.78, 5) is 9.50. The molecular weight excluding hydrogens is 260 g/mol. The van der Waals surface area contributed by atoms with Crippen molar-refractivity contribution in [2.75, 3.05) is 32.7 Å². The van der Waals surface area contributed by atoms with Crippen molar-refractivity contribution in [1.29, 1.82) is 0 Å². The normalized spacial score (nSPS) is 29.7. The molecule has 0 aromatic heterocycles. The molecule has 0 unspecified atom stereocenters. The van der Waals surface area contributed by atoms with Crippen LogP contribution < -0.4 is 5.73 Å². The number of aliphatic imine (C=N–C) groups is 1. The second kappa shape index (κ2) is 6.99. The van der Waals surface area contributed by atoms with Gasteiger partial charge in [0.15, 0.2) is 5.96 Å². The number of hydrogen-bond acceptors (Lipinski definition) is 4. The number of rotatable bonds is 6. The van der Waals surface area contributed by atoms with Crippen LogP contribution in [0.1, 0.15) is 53.4 Å². The number of likely N-dealkylation sites (N-methyl/N-ethyl adjacent to an activating group) is 1. The topological polar surface area (TPSA) is 44.9 Å². The maximum absolute atomic E-state index is 6.21. The fourth-order valence-corrected chi connectivity index (χ4v) is 4.05. The summed E-state index contributed by atoms with van der Waals surface area (Å²) in [6.45, 7) is 14.5. The van der Waals surface area contributed by atoms with Crippen molar-refractivity contribution < 1.29 is 0 Å². The molecule has 0 radical (unpaired) electrons. The molecule has 0 amide bonds. The van der Waals surface area contributed by atoms with Gasteiger partial charge in [-0.05, 0) is 50.6 Å². The number of nitrogens with two attached hydrogens (primary N) is 1. The monoisotopic (exact) mass is 294 g/mol. The number of nitrogens with zero attached hydrogens (tertiary/aromatic N) is 3. The Morgan fingerprint density at radius 1 is 1.29 bits per heavy atom. The molecule has 1 heterocycles. The van der Waals surface area contributed by atoms with Crippen LogP contribution in [0, 0.1) is 11.8 Å².